The molecule has 0 atom stereocenters. The van der Waals surface area contributed by atoms with E-state index in [0.29, 0.717) is 12.1 Å². The Hall–Kier alpha value is -1.22. The van der Waals surface area contributed by atoms with Gasteiger partial charge in [0.1, 0.15) is 17.6 Å². The van der Waals surface area contributed by atoms with E-state index in [2.05, 4.69) is 19.1 Å². The van der Waals surface area contributed by atoms with E-state index in [-0.39, 0.29) is 5.41 Å². The molecular weight excluding hydrogens is 226 g/mol. The predicted molar refractivity (Wildman–Crippen MR) is 69.2 cm³/mol. The van der Waals surface area contributed by atoms with Crippen molar-refractivity contribution in [1.82, 2.24) is 0 Å². The molecule has 1 spiro atoms. The average molecular weight is 245 g/mol. The van der Waals surface area contributed by atoms with Crippen LogP contribution in [0, 0.1) is 6.92 Å². The van der Waals surface area contributed by atoms with Crippen LogP contribution in [0.2, 0.25) is 0 Å². The van der Waals surface area contributed by atoms with E-state index in [4.69, 9.17) is 15.2 Å². The van der Waals surface area contributed by atoms with Gasteiger partial charge >= 0.3 is 0 Å². The normalized spacial score (nSPS) is 30.6. The van der Waals surface area contributed by atoms with Gasteiger partial charge in [-0.2, -0.15) is 0 Å². The Bertz CT molecular complexity index is 501. The standard InChI is InChI=1S/C15H19NO2/c1-9-4-12-14(15(2-3-15)8-17-12)13(5-9)18-11-6-10(16)7-11/h4-5,10-11H,2-3,6-8,16H2,1H3/t10-,11+. The van der Waals surface area contributed by atoms with Gasteiger partial charge in [-0.15, -0.1) is 0 Å². The van der Waals surface area contributed by atoms with Gasteiger partial charge in [-0.25, -0.2) is 0 Å². The molecule has 2 aliphatic carbocycles. The zero-order chi connectivity index (χ0) is 12.3. The topological polar surface area (TPSA) is 44.5 Å². The highest BCUT2D eigenvalue weighted by atomic mass is 16.5. The van der Waals surface area contributed by atoms with Crippen molar-refractivity contribution in [3.05, 3.63) is 23.3 Å². The monoisotopic (exact) mass is 245 g/mol. The van der Waals surface area contributed by atoms with Crippen LogP contribution in [0.4, 0.5) is 0 Å². The fourth-order valence-electron chi connectivity index (χ4n) is 3.17. The number of nitrogens with two attached hydrogens (primary N) is 1. The number of rotatable bonds is 2. The van der Waals surface area contributed by atoms with Gasteiger partial charge in [0.25, 0.3) is 0 Å². The van der Waals surface area contributed by atoms with E-state index >= 15 is 0 Å². The Morgan fingerprint density at radius 1 is 1.33 bits per heavy atom. The molecule has 0 aromatic heterocycles. The second kappa shape index (κ2) is 3.41. The molecule has 2 fully saturated rings. The summed E-state index contributed by atoms with van der Waals surface area (Å²) in [6, 6.07) is 4.64. The van der Waals surface area contributed by atoms with Crippen molar-refractivity contribution in [3.63, 3.8) is 0 Å². The molecule has 3 aliphatic rings. The number of fused-ring (bicyclic) bond motifs is 2. The van der Waals surface area contributed by atoms with Crippen LogP contribution >= 0.6 is 0 Å². The van der Waals surface area contributed by atoms with Crippen molar-refractivity contribution < 1.29 is 9.47 Å². The predicted octanol–water partition coefficient (Wildman–Crippen LogP) is 2.29. The molecule has 2 saturated carbocycles. The maximum Gasteiger partial charge on any atom is 0.127 e. The van der Waals surface area contributed by atoms with Gasteiger partial charge in [0.15, 0.2) is 0 Å². The van der Waals surface area contributed by atoms with Crippen molar-refractivity contribution in [3.8, 4) is 11.5 Å². The van der Waals surface area contributed by atoms with Crippen molar-refractivity contribution in [2.24, 2.45) is 5.73 Å². The van der Waals surface area contributed by atoms with Crippen LogP contribution in [0.25, 0.3) is 0 Å². The van der Waals surface area contributed by atoms with E-state index in [0.717, 1.165) is 30.9 Å². The Balaban J connectivity index is 1.69. The fourth-order valence-corrected chi connectivity index (χ4v) is 3.17. The Morgan fingerprint density at radius 3 is 2.78 bits per heavy atom. The lowest BCUT2D eigenvalue weighted by Gasteiger charge is -2.33. The number of benzene rings is 1. The molecule has 96 valence electrons. The van der Waals surface area contributed by atoms with Crippen LogP contribution in [0.1, 0.15) is 36.8 Å². The minimum absolute atomic E-state index is 0.282. The lowest BCUT2D eigenvalue weighted by atomic mass is 9.89. The first-order chi connectivity index (χ1) is 8.66. The van der Waals surface area contributed by atoms with Crippen LogP contribution in [0.5, 0.6) is 11.5 Å². The smallest absolute Gasteiger partial charge is 0.127 e. The minimum atomic E-state index is 0.282. The third-order valence-electron chi connectivity index (χ3n) is 4.52. The van der Waals surface area contributed by atoms with Gasteiger partial charge in [-0.3, -0.25) is 0 Å². The van der Waals surface area contributed by atoms with Crippen LogP contribution in [-0.2, 0) is 5.41 Å². The molecule has 0 amide bonds. The van der Waals surface area contributed by atoms with E-state index in [1.165, 1.54) is 24.0 Å². The molecule has 0 radical (unpaired) electrons. The maximum atomic E-state index is 6.16. The molecule has 1 aliphatic heterocycles. The summed E-state index contributed by atoms with van der Waals surface area (Å²) in [5.41, 5.74) is 8.65. The second-order valence-electron chi connectivity index (χ2n) is 6.18. The van der Waals surface area contributed by atoms with Crippen molar-refractivity contribution in [1.29, 1.82) is 0 Å². The fraction of sp³-hybridized carbons (Fsp3) is 0.600. The Morgan fingerprint density at radius 2 is 2.11 bits per heavy atom. The largest absolute Gasteiger partial charge is 0.492 e. The van der Waals surface area contributed by atoms with Gasteiger partial charge < -0.3 is 15.2 Å². The highest BCUT2D eigenvalue weighted by Gasteiger charge is 2.53. The minimum Gasteiger partial charge on any atom is -0.492 e. The third-order valence-corrected chi connectivity index (χ3v) is 4.52. The molecule has 0 saturated heterocycles. The van der Waals surface area contributed by atoms with Crippen LogP contribution in [0.15, 0.2) is 12.1 Å². The van der Waals surface area contributed by atoms with Gasteiger partial charge in [0.2, 0.25) is 0 Å². The molecule has 18 heavy (non-hydrogen) atoms. The van der Waals surface area contributed by atoms with Gasteiger partial charge in [-0.05, 0) is 50.3 Å². The molecular formula is C15H19NO2. The lowest BCUT2D eigenvalue weighted by Crippen LogP contribution is -2.43. The van der Waals surface area contributed by atoms with E-state index in [1.54, 1.807) is 0 Å². The van der Waals surface area contributed by atoms with Gasteiger partial charge in [0, 0.05) is 17.0 Å². The third kappa shape index (κ3) is 1.46. The molecule has 0 bridgehead atoms. The van der Waals surface area contributed by atoms with Gasteiger partial charge in [-0.1, -0.05) is 0 Å². The SMILES string of the molecule is Cc1cc2c(c(O[C@H]3C[C@@H](N)C3)c1)C1(CC1)CO2. The average Bonchev–Trinajstić information content (AvgIpc) is 2.95. The second-order valence-corrected chi connectivity index (χ2v) is 6.18. The Labute approximate surface area is 107 Å². The molecule has 1 aromatic rings. The summed E-state index contributed by atoms with van der Waals surface area (Å²) in [6.45, 7) is 2.94. The number of ether oxygens (including phenoxy) is 2. The number of hydrogen-bond acceptors (Lipinski definition) is 3. The summed E-state index contributed by atoms with van der Waals surface area (Å²) in [7, 11) is 0. The van der Waals surface area contributed by atoms with Crippen molar-refractivity contribution in [2.75, 3.05) is 6.61 Å². The first-order valence-corrected chi connectivity index (χ1v) is 6.86. The zero-order valence-electron chi connectivity index (χ0n) is 10.7. The first kappa shape index (κ1) is 10.7. The van der Waals surface area contributed by atoms with Crippen LogP contribution < -0.4 is 15.2 Å². The molecule has 2 N–H and O–H groups in total. The summed E-state index contributed by atoms with van der Waals surface area (Å²) in [4.78, 5) is 0. The van der Waals surface area contributed by atoms with Gasteiger partial charge in [0.05, 0.1) is 6.61 Å². The highest BCUT2D eigenvalue weighted by Crippen LogP contribution is 2.59. The lowest BCUT2D eigenvalue weighted by molar-refractivity contribution is 0.0993. The Kier molecular flexibility index (Phi) is 2.03. The van der Waals surface area contributed by atoms with Crippen molar-refractivity contribution in [2.45, 2.75) is 50.2 Å². The maximum absolute atomic E-state index is 6.16. The van der Waals surface area contributed by atoms with E-state index in [9.17, 15) is 0 Å². The summed E-state index contributed by atoms with van der Waals surface area (Å²) < 4.78 is 12.0. The molecule has 1 heterocycles. The quantitative estimate of drug-likeness (QED) is 0.869. The number of hydrogen-bond donors (Lipinski definition) is 1. The van der Waals surface area contributed by atoms with Crippen LogP contribution in [0.3, 0.4) is 0 Å². The first-order valence-electron chi connectivity index (χ1n) is 6.86. The molecule has 4 rings (SSSR count). The summed E-state index contributed by atoms with van der Waals surface area (Å²) in [5.74, 6) is 2.10. The molecule has 1 aromatic carbocycles. The van der Waals surface area contributed by atoms with Crippen molar-refractivity contribution >= 4 is 0 Å². The molecule has 3 heteroatoms. The molecule has 0 unspecified atom stereocenters. The highest BCUT2D eigenvalue weighted by molar-refractivity contribution is 5.57. The summed E-state index contributed by atoms with van der Waals surface area (Å²) in [5, 5.41) is 0. The van der Waals surface area contributed by atoms with E-state index < -0.39 is 0 Å². The summed E-state index contributed by atoms with van der Waals surface area (Å²) in [6.07, 6.45) is 4.75. The summed E-state index contributed by atoms with van der Waals surface area (Å²) >= 11 is 0. The molecule has 3 nitrogen and oxygen atoms in total. The van der Waals surface area contributed by atoms with E-state index in [1.807, 2.05) is 0 Å². The number of aryl methyl sites for hydroxylation is 1. The van der Waals surface area contributed by atoms with Crippen LogP contribution in [-0.4, -0.2) is 18.8 Å². The zero-order valence-corrected chi connectivity index (χ0v) is 10.7.